The Morgan fingerprint density at radius 2 is 1.51 bits per heavy atom. The maximum atomic E-state index is 12.4. The van der Waals surface area contributed by atoms with Gasteiger partial charge in [0.25, 0.3) is 0 Å². The van der Waals surface area contributed by atoms with Crippen LogP contribution in [-0.4, -0.2) is 35.7 Å². The molecule has 35 heavy (non-hydrogen) atoms. The third-order valence-corrected chi connectivity index (χ3v) is 6.35. The summed E-state index contributed by atoms with van der Waals surface area (Å²) < 4.78 is 5.50. The van der Waals surface area contributed by atoms with E-state index in [1.54, 1.807) is 6.92 Å². The number of anilines is 1. The summed E-state index contributed by atoms with van der Waals surface area (Å²) in [5.74, 6) is -1.71. The van der Waals surface area contributed by atoms with Crippen molar-refractivity contribution in [2.75, 3.05) is 11.9 Å². The van der Waals surface area contributed by atoms with E-state index in [-0.39, 0.29) is 40.2 Å². The van der Waals surface area contributed by atoms with Crippen LogP contribution in [0.5, 0.6) is 0 Å². The van der Waals surface area contributed by atoms with Crippen LogP contribution in [0.3, 0.4) is 0 Å². The quantitative estimate of drug-likeness (QED) is 0.362. The van der Waals surface area contributed by atoms with Crippen molar-refractivity contribution in [3.8, 4) is 11.1 Å². The van der Waals surface area contributed by atoms with Crippen molar-refractivity contribution in [3.63, 3.8) is 0 Å². The van der Waals surface area contributed by atoms with Crippen molar-refractivity contribution in [2.24, 2.45) is 0 Å². The van der Waals surface area contributed by atoms with E-state index < -0.39 is 24.0 Å². The predicted octanol–water partition coefficient (Wildman–Crippen LogP) is 5.95. The maximum Gasteiger partial charge on any atom is 0.407 e. The van der Waals surface area contributed by atoms with Crippen molar-refractivity contribution < 1.29 is 24.2 Å². The Hall–Kier alpha value is -3.55. The Morgan fingerprint density at radius 1 is 0.971 bits per heavy atom. The van der Waals surface area contributed by atoms with Crippen molar-refractivity contribution in [2.45, 2.75) is 25.3 Å². The summed E-state index contributed by atoms with van der Waals surface area (Å²) in [6, 6.07) is 17.9. The number of alkyl carbamates (subject to hydrolysis) is 1. The first-order chi connectivity index (χ1) is 16.7. The lowest BCUT2D eigenvalue weighted by atomic mass is 9.98. The second kappa shape index (κ2) is 10.4. The van der Waals surface area contributed by atoms with Crippen LogP contribution in [0.4, 0.5) is 10.5 Å². The largest absolute Gasteiger partial charge is 0.478 e. The van der Waals surface area contributed by atoms with Crippen LogP contribution in [0, 0.1) is 0 Å². The summed E-state index contributed by atoms with van der Waals surface area (Å²) in [5.41, 5.74) is 4.50. The zero-order chi connectivity index (χ0) is 25.1. The molecule has 7 nitrogen and oxygen atoms in total. The minimum Gasteiger partial charge on any atom is -0.478 e. The molecule has 1 atom stereocenters. The molecule has 3 aromatic rings. The van der Waals surface area contributed by atoms with Gasteiger partial charge in [0.1, 0.15) is 6.61 Å². The Labute approximate surface area is 212 Å². The fraction of sp³-hybridized carbons (Fsp3) is 0.192. The maximum absolute atomic E-state index is 12.4. The smallest absolute Gasteiger partial charge is 0.407 e. The van der Waals surface area contributed by atoms with E-state index in [9.17, 15) is 14.4 Å². The Bertz CT molecular complexity index is 1240. The number of halogens is 2. The summed E-state index contributed by atoms with van der Waals surface area (Å²) in [6.45, 7) is 1.83. The van der Waals surface area contributed by atoms with Crippen LogP contribution in [0.2, 0.25) is 10.0 Å². The fourth-order valence-electron chi connectivity index (χ4n) is 4.18. The van der Waals surface area contributed by atoms with Crippen LogP contribution in [0.25, 0.3) is 11.1 Å². The Kier molecular flexibility index (Phi) is 7.28. The molecule has 0 saturated heterocycles. The van der Waals surface area contributed by atoms with Gasteiger partial charge >= 0.3 is 12.1 Å². The molecule has 9 heteroatoms. The monoisotopic (exact) mass is 512 g/mol. The minimum absolute atomic E-state index is 0.000369. The number of nitrogens with one attached hydrogen (secondary N) is 2. The molecule has 1 aliphatic rings. The SMILES string of the molecule is C[C@@H](CC(=O)Nc1c(Cl)cc(C(=O)O)cc1Cl)NC(=O)OCC1c2ccccc2-c2ccccc21. The van der Waals surface area contributed by atoms with Gasteiger partial charge in [0.2, 0.25) is 5.91 Å². The van der Waals surface area contributed by atoms with Gasteiger partial charge in [0.15, 0.2) is 0 Å². The lowest BCUT2D eigenvalue weighted by Gasteiger charge is -2.17. The number of ether oxygens (including phenoxy) is 1. The number of carbonyl (C=O) groups is 3. The number of carbonyl (C=O) groups excluding carboxylic acids is 2. The molecule has 3 N–H and O–H groups in total. The summed E-state index contributed by atoms with van der Waals surface area (Å²) in [4.78, 5) is 35.9. The first-order valence-electron chi connectivity index (χ1n) is 10.9. The summed E-state index contributed by atoms with van der Waals surface area (Å²) in [6.07, 6.45) is -0.702. The van der Waals surface area contributed by atoms with E-state index in [0.717, 1.165) is 22.3 Å². The van der Waals surface area contributed by atoms with Crippen molar-refractivity contribution in [3.05, 3.63) is 87.4 Å². The molecule has 0 aromatic heterocycles. The number of carboxylic acids is 1. The Morgan fingerprint density at radius 3 is 2.06 bits per heavy atom. The molecular formula is C26H22Cl2N2O5. The standard InChI is InChI=1S/C26H22Cl2N2O5/c1-14(10-23(31)30-24-21(27)11-15(25(32)33)12-22(24)28)29-26(34)35-13-20-18-8-4-2-6-16(18)17-7-3-5-9-19(17)20/h2-9,11-12,14,20H,10,13H2,1H3,(H,29,34)(H,30,31)(H,32,33)/t14-/m0/s1. The zero-order valence-electron chi connectivity index (χ0n) is 18.7. The molecule has 0 unspecified atom stereocenters. The van der Waals surface area contributed by atoms with Crippen molar-refractivity contribution >= 4 is 46.9 Å². The highest BCUT2D eigenvalue weighted by molar-refractivity contribution is 6.40. The molecule has 0 radical (unpaired) electrons. The topological polar surface area (TPSA) is 105 Å². The Balaban J connectivity index is 1.32. The summed E-state index contributed by atoms with van der Waals surface area (Å²) in [7, 11) is 0. The van der Waals surface area contributed by atoms with Gasteiger partial charge in [-0.2, -0.15) is 0 Å². The van der Waals surface area contributed by atoms with E-state index in [2.05, 4.69) is 22.8 Å². The van der Waals surface area contributed by atoms with E-state index in [1.807, 2.05) is 36.4 Å². The molecule has 0 heterocycles. The van der Waals surface area contributed by atoms with Gasteiger partial charge < -0.3 is 20.5 Å². The molecule has 3 aromatic carbocycles. The van der Waals surface area contributed by atoms with Crippen LogP contribution < -0.4 is 10.6 Å². The first-order valence-corrected chi connectivity index (χ1v) is 11.6. The molecule has 180 valence electrons. The number of aromatic carboxylic acids is 1. The number of amides is 2. The van der Waals surface area contributed by atoms with Gasteiger partial charge in [-0.25, -0.2) is 9.59 Å². The van der Waals surface area contributed by atoms with E-state index in [1.165, 1.54) is 12.1 Å². The minimum atomic E-state index is -1.19. The van der Waals surface area contributed by atoms with Crippen molar-refractivity contribution in [1.29, 1.82) is 0 Å². The predicted molar refractivity (Wildman–Crippen MR) is 134 cm³/mol. The highest BCUT2D eigenvalue weighted by Crippen LogP contribution is 2.44. The number of fused-ring (bicyclic) bond motifs is 3. The molecular weight excluding hydrogens is 491 g/mol. The average molecular weight is 513 g/mol. The number of hydrogen-bond acceptors (Lipinski definition) is 4. The van der Waals surface area contributed by atoms with Gasteiger partial charge in [-0.05, 0) is 41.3 Å². The zero-order valence-corrected chi connectivity index (χ0v) is 20.2. The highest BCUT2D eigenvalue weighted by atomic mass is 35.5. The molecule has 0 aliphatic heterocycles. The normalized spacial score (nSPS) is 12.9. The fourth-order valence-corrected chi connectivity index (χ4v) is 4.76. The molecule has 2 amide bonds. The van der Waals surface area contributed by atoms with E-state index in [4.69, 9.17) is 33.0 Å². The average Bonchev–Trinajstić information content (AvgIpc) is 3.13. The van der Waals surface area contributed by atoms with Crippen LogP contribution in [0.1, 0.15) is 40.7 Å². The second-order valence-corrected chi connectivity index (χ2v) is 9.06. The third kappa shape index (κ3) is 5.42. The second-order valence-electron chi connectivity index (χ2n) is 8.24. The number of rotatable bonds is 7. The van der Waals surface area contributed by atoms with Gasteiger partial charge in [0.05, 0.1) is 21.3 Å². The molecule has 4 rings (SSSR count). The lowest BCUT2D eigenvalue weighted by molar-refractivity contribution is -0.116. The van der Waals surface area contributed by atoms with Gasteiger partial charge in [-0.15, -0.1) is 0 Å². The number of hydrogen-bond donors (Lipinski definition) is 3. The molecule has 0 fully saturated rings. The first kappa shape index (κ1) is 24.6. The van der Waals surface area contributed by atoms with Crippen LogP contribution in [-0.2, 0) is 9.53 Å². The summed E-state index contributed by atoms with van der Waals surface area (Å²) >= 11 is 12.1. The highest BCUT2D eigenvalue weighted by Gasteiger charge is 2.29. The molecule has 1 aliphatic carbocycles. The van der Waals surface area contributed by atoms with Crippen LogP contribution >= 0.6 is 23.2 Å². The molecule has 0 saturated carbocycles. The molecule has 0 spiro atoms. The third-order valence-electron chi connectivity index (χ3n) is 5.75. The van der Waals surface area contributed by atoms with E-state index >= 15 is 0 Å². The van der Waals surface area contributed by atoms with Gasteiger partial charge in [0, 0.05) is 18.4 Å². The lowest BCUT2D eigenvalue weighted by Crippen LogP contribution is -2.36. The van der Waals surface area contributed by atoms with Crippen LogP contribution in [0.15, 0.2) is 60.7 Å². The van der Waals surface area contributed by atoms with Gasteiger partial charge in [-0.3, -0.25) is 4.79 Å². The summed E-state index contributed by atoms with van der Waals surface area (Å²) in [5, 5.41) is 14.3. The molecule has 0 bridgehead atoms. The number of carboxylic acid groups (broad SMARTS) is 1. The van der Waals surface area contributed by atoms with Gasteiger partial charge in [-0.1, -0.05) is 71.7 Å². The van der Waals surface area contributed by atoms with Crippen molar-refractivity contribution in [1.82, 2.24) is 5.32 Å². The van der Waals surface area contributed by atoms with E-state index in [0.29, 0.717) is 0 Å². The number of benzene rings is 3.